The van der Waals surface area contributed by atoms with Crippen LogP contribution in [0.25, 0.3) is 0 Å². The molecule has 0 radical (unpaired) electrons. The minimum Gasteiger partial charge on any atom is -0.229 e. The maximum absolute atomic E-state index is 13.5. The highest BCUT2D eigenvalue weighted by atomic mass is 32.2. The number of sulfone groups is 1. The Morgan fingerprint density at radius 3 is 2.19 bits per heavy atom. The van der Waals surface area contributed by atoms with E-state index in [1.807, 2.05) is 12.1 Å². The van der Waals surface area contributed by atoms with Crippen molar-refractivity contribution in [1.29, 1.82) is 0 Å². The molecule has 0 bridgehead atoms. The quantitative estimate of drug-likeness (QED) is 0.713. The normalized spacial score (nSPS) is 24.9. The van der Waals surface area contributed by atoms with E-state index in [0.717, 1.165) is 44.1 Å². The number of sulfonamides is 1. The highest BCUT2D eigenvalue weighted by Crippen LogP contribution is 2.33. The molecule has 7 heteroatoms. The van der Waals surface area contributed by atoms with Crippen LogP contribution in [-0.2, 0) is 19.9 Å². The van der Waals surface area contributed by atoms with Crippen LogP contribution in [0.1, 0.15) is 70.3 Å². The van der Waals surface area contributed by atoms with Gasteiger partial charge in [-0.05, 0) is 49.3 Å². The van der Waals surface area contributed by atoms with Crippen LogP contribution in [0.4, 0.5) is 0 Å². The fourth-order valence-electron chi connectivity index (χ4n) is 4.33. The molecule has 2 fully saturated rings. The van der Waals surface area contributed by atoms with E-state index < -0.39 is 25.9 Å². The third kappa shape index (κ3) is 4.57. The van der Waals surface area contributed by atoms with Gasteiger partial charge in [-0.1, -0.05) is 45.2 Å². The molecule has 0 aromatic heterocycles. The van der Waals surface area contributed by atoms with E-state index in [-0.39, 0.29) is 22.4 Å². The smallest absolute Gasteiger partial charge is 0.229 e. The molecule has 1 saturated carbocycles. The first-order valence-electron chi connectivity index (χ1n) is 10.1. The lowest BCUT2D eigenvalue weighted by Crippen LogP contribution is -2.48. The zero-order chi connectivity index (χ0) is 19.7. The Bertz CT molecular complexity index is 840. The van der Waals surface area contributed by atoms with E-state index in [9.17, 15) is 16.8 Å². The average molecular weight is 414 g/mol. The molecule has 1 aliphatic heterocycles. The molecule has 152 valence electrons. The maximum atomic E-state index is 13.5. The zero-order valence-corrected chi connectivity index (χ0v) is 17.9. The van der Waals surface area contributed by atoms with Gasteiger partial charge in [0.1, 0.15) is 0 Å². The number of rotatable bonds is 6. The molecular formula is C20H31NO4S2. The lowest BCUT2D eigenvalue weighted by atomic mass is 9.95. The fourth-order valence-corrected chi connectivity index (χ4v) is 8.03. The average Bonchev–Trinajstić information content (AvgIpc) is 3.01. The lowest BCUT2D eigenvalue weighted by molar-refractivity contribution is 0.213. The molecule has 2 atom stereocenters. The van der Waals surface area contributed by atoms with Crippen LogP contribution in [0.15, 0.2) is 29.2 Å². The molecule has 1 aromatic rings. The Labute approximate surface area is 164 Å². The van der Waals surface area contributed by atoms with Crippen molar-refractivity contribution >= 4 is 19.9 Å². The predicted molar refractivity (Wildman–Crippen MR) is 108 cm³/mol. The maximum Gasteiger partial charge on any atom is 0.243 e. The van der Waals surface area contributed by atoms with Gasteiger partial charge >= 0.3 is 0 Å². The molecule has 2 aliphatic rings. The molecule has 0 amide bonds. The number of hydrogen-bond acceptors (Lipinski definition) is 4. The van der Waals surface area contributed by atoms with Crippen molar-refractivity contribution in [3.05, 3.63) is 29.8 Å². The van der Waals surface area contributed by atoms with Crippen molar-refractivity contribution in [2.75, 3.05) is 11.5 Å². The van der Waals surface area contributed by atoms with E-state index in [1.165, 1.54) is 0 Å². The Balaban J connectivity index is 1.94. The minimum absolute atomic E-state index is 0.0479. The first-order chi connectivity index (χ1) is 12.7. The Morgan fingerprint density at radius 1 is 1.04 bits per heavy atom. The standard InChI is InChI=1S/C20H31NO4S2/c1-3-16(2)17-9-11-20(12-10-17)27(24,25)21(18-7-5-4-6-8-18)19-13-14-26(22,23)15-19/h9-12,16,18-19H,3-8,13-15H2,1-2H3/t16-,19-/m1/s1. The SMILES string of the molecule is CC[C@@H](C)c1ccc(S(=O)(=O)N(C2CCCCC2)[C@@H]2CCS(=O)(=O)C2)cc1. The summed E-state index contributed by atoms with van der Waals surface area (Å²) in [6.45, 7) is 4.24. The van der Waals surface area contributed by atoms with E-state index >= 15 is 0 Å². The van der Waals surface area contributed by atoms with Crippen molar-refractivity contribution in [1.82, 2.24) is 4.31 Å². The van der Waals surface area contributed by atoms with Crippen LogP contribution >= 0.6 is 0 Å². The summed E-state index contributed by atoms with van der Waals surface area (Å²) >= 11 is 0. The number of nitrogens with zero attached hydrogens (tertiary/aromatic N) is 1. The lowest BCUT2D eigenvalue weighted by Gasteiger charge is -2.37. The summed E-state index contributed by atoms with van der Waals surface area (Å²) in [5.74, 6) is 0.424. The van der Waals surface area contributed by atoms with Crippen LogP contribution in [-0.4, -0.2) is 44.7 Å². The van der Waals surface area contributed by atoms with E-state index in [2.05, 4.69) is 13.8 Å². The van der Waals surface area contributed by atoms with Crippen LogP contribution < -0.4 is 0 Å². The number of hydrogen-bond donors (Lipinski definition) is 0. The third-order valence-electron chi connectivity index (χ3n) is 6.14. The molecule has 1 aliphatic carbocycles. The molecule has 27 heavy (non-hydrogen) atoms. The third-order valence-corrected chi connectivity index (χ3v) is 9.91. The molecule has 1 aromatic carbocycles. The van der Waals surface area contributed by atoms with Gasteiger partial charge in [0.15, 0.2) is 9.84 Å². The summed E-state index contributed by atoms with van der Waals surface area (Å²) in [5, 5.41) is 0. The molecule has 0 spiro atoms. The van der Waals surface area contributed by atoms with E-state index in [0.29, 0.717) is 12.3 Å². The van der Waals surface area contributed by atoms with Crippen LogP contribution in [0.2, 0.25) is 0 Å². The van der Waals surface area contributed by atoms with Gasteiger partial charge < -0.3 is 0 Å². The molecule has 5 nitrogen and oxygen atoms in total. The van der Waals surface area contributed by atoms with Crippen molar-refractivity contribution in [2.24, 2.45) is 0 Å². The largest absolute Gasteiger partial charge is 0.243 e. The van der Waals surface area contributed by atoms with Crippen molar-refractivity contribution in [3.8, 4) is 0 Å². The van der Waals surface area contributed by atoms with Gasteiger partial charge in [-0.3, -0.25) is 0 Å². The van der Waals surface area contributed by atoms with Crippen molar-refractivity contribution in [3.63, 3.8) is 0 Å². The van der Waals surface area contributed by atoms with Gasteiger partial charge in [-0.15, -0.1) is 0 Å². The summed E-state index contributed by atoms with van der Waals surface area (Å²) in [4.78, 5) is 0.282. The summed E-state index contributed by atoms with van der Waals surface area (Å²) in [6, 6.07) is 6.65. The second-order valence-corrected chi connectivity index (χ2v) is 12.1. The molecule has 3 rings (SSSR count). The molecule has 1 heterocycles. The van der Waals surface area contributed by atoms with Gasteiger partial charge in [0.25, 0.3) is 0 Å². The molecule has 0 N–H and O–H groups in total. The summed E-state index contributed by atoms with van der Waals surface area (Å²) in [6.07, 6.45) is 6.17. The summed E-state index contributed by atoms with van der Waals surface area (Å²) in [7, 11) is -6.86. The van der Waals surface area contributed by atoms with Crippen LogP contribution in [0.3, 0.4) is 0 Å². The van der Waals surface area contributed by atoms with Crippen molar-refractivity contribution in [2.45, 2.75) is 81.7 Å². The van der Waals surface area contributed by atoms with Gasteiger partial charge in [-0.2, -0.15) is 4.31 Å². The zero-order valence-electron chi connectivity index (χ0n) is 16.3. The van der Waals surface area contributed by atoms with E-state index in [4.69, 9.17) is 0 Å². The van der Waals surface area contributed by atoms with Crippen LogP contribution in [0, 0.1) is 0 Å². The first-order valence-corrected chi connectivity index (χ1v) is 13.3. The van der Waals surface area contributed by atoms with Gasteiger partial charge in [0.2, 0.25) is 10.0 Å². The summed E-state index contributed by atoms with van der Waals surface area (Å²) in [5.41, 5.74) is 1.13. The molecule has 0 unspecified atom stereocenters. The van der Waals surface area contributed by atoms with Crippen molar-refractivity contribution < 1.29 is 16.8 Å². The molecule has 1 saturated heterocycles. The molecular weight excluding hydrogens is 382 g/mol. The second kappa shape index (κ2) is 8.21. The Kier molecular flexibility index (Phi) is 6.33. The Morgan fingerprint density at radius 2 is 1.67 bits per heavy atom. The highest BCUT2D eigenvalue weighted by molar-refractivity contribution is 7.92. The first kappa shape index (κ1) is 20.8. The Hall–Kier alpha value is -0.920. The highest BCUT2D eigenvalue weighted by Gasteiger charge is 2.42. The minimum atomic E-state index is -3.71. The topological polar surface area (TPSA) is 71.5 Å². The van der Waals surface area contributed by atoms with Crippen LogP contribution in [0.5, 0.6) is 0 Å². The van der Waals surface area contributed by atoms with E-state index in [1.54, 1.807) is 16.4 Å². The predicted octanol–water partition coefficient (Wildman–Crippen LogP) is 3.71. The summed E-state index contributed by atoms with van der Waals surface area (Å²) < 4.78 is 52.6. The monoisotopic (exact) mass is 413 g/mol. The van der Waals surface area contributed by atoms with Gasteiger partial charge in [-0.25, -0.2) is 16.8 Å². The van der Waals surface area contributed by atoms with Gasteiger partial charge in [0, 0.05) is 12.1 Å². The second-order valence-electron chi connectivity index (χ2n) is 8.06. The van der Waals surface area contributed by atoms with Gasteiger partial charge in [0.05, 0.1) is 16.4 Å². The fraction of sp³-hybridized carbons (Fsp3) is 0.700. The number of benzene rings is 1.